The molecule has 1 aromatic carbocycles. The van der Waals surface area contributed by atoms with Crippen LogP contribution in [0.4, 0.5) is 0 Å². The first-order valence-corrected chi connectivity index (χ1v) is 9.33. The van der Waals surface area contributed by atoms with Crippen molar-refractivity contribution in [3.8, 4) is 0 Å². The van der Waals surface area contributed by atoms with Gasteiger partial charge in [0.25, 0.3) is 0 Å². The molecule has 2 aliphatic rings. The zero-order valence-electron chi connectivity index (χ0n) is 14.6. The number of rotatable bonds is 5. The van der Waals surface area contributed by atoms with E-state index in [1.165, 1.54) is 4.90 Å². The van der Waals surface area contributed by atoms with Crippen LogP contribution >= 0.6 is 0 Å². The van der Waals surface area contributed by atoms with Crippen molar-refractivity contribution >= 4 is 17.6 Å². The number of carbonyl (C=O) groups is 3. The number of likely N-dealkylation sites (tertiary alicyclic amines) is 1. The highest BCUT2D eigenvalue weighted by Crippen LogP contribution is 2.21. The van der Waals surface area contributed by atoms with Crippen LogP contribution < -0.4 is 5.32 Å². The van der Waals surface area contributed by atoms with E-state index in [1.54, 1.807) is 0 Å². The van der Waals surface area contributed by atoms with Crippen LogP contribution in [0.15, 0.2) is 30.3 Å². The van der Waals surface area contributed by atoms with Crippen LogP contribution in [0.3, 0.4) is 0 Å². The van der Waals surface area contributed by atoms with Gasteiger partial charge in [-0.3, -0.25) is 14.4 Å². The van der Waals surface area contributed by atoms with Crippen LogP contribution in [0.5, 0.6) is 0 Å². The Balaban J connectivity index is 1.54. The van der Waals surface area contributed by atoms with Crippen molar-refractivity contribution in [2.75, 3.05) is 6.54 Å². The minimum Gasteiger partial charge on any atom is -0.345 e. The van der Waals surface area contributed by atoms with E-state index in [1.807, 2.05) is 30.3 Å². The summed E-state index contributed by atoms with van der Waals surface area (Å²) in [6.45, 7) is 0.499. The second kappa shape index (κ2) is 8.28. The van der Waals surface area contributed by atoms with Gasteiger partial charge in [0, 0.05) is 19.0 Å². The highest BCUT2D eigenvalue weighted by atomic mass is 16.2. The van der Waals surface area contributed by atoms with E-state index in [0.29, 0.717) is 25.8 Å². The molecule has 1 saturated carbocycles. The molecule has 0 spiro atoms. The number of hydrogen-bond acceptors (Lipinski definition) is 3. The van der Waals surface area contributed by atoms with Crippen LogP contribution in [0.2, 0.25) is 0 Å². The lowest BCUT2D eigenvalue weighted by Crippen LogP contribution is -2.49. The lowest BCUT2D eigenvalue weighted by atomic mass is 10.0. The van der Waals surface area contributed by atoms with Crippen molar-refractivity contribution < 1.29 is 14.4 Å². The van der Waals surface area contributed by atoms with E-state index in [4.69, 9.17) is 0 Å². The topological polar surface area (TPSA) is 66.5 Å². The number of ketones is 1. The van der Waals surface area contributed by atoms with Crippen LogP contribution in [0.25, 0.3) is 0 Å². The van der Waals surface area contributed by atoms with E-state index >= 15 is 0 Å². The number of benzene rings is 1. The average Bonchev–Trinajstić information content (AvgIpc) is 3.31. The largest absolute Gasteiger partial charge is 0.345 e. The molecule has 3 rings (SSSR count). The van der Waals surface area contributed by atoms with Crippen molar-refractivity contribution in [1.82, 2.24) is 10.2 Å². The Labute approximate surface area is 148 Å². The number of hydrogen-bond donors (Lipinski definition) is 1. The highest BCUT2D eigenvalue weighted by molar-refractivity contribution is 6.35. The van der Waals surface area contributed by atoms with Gasteiger partial charge < -0.3 is 10.2 Å². The van der Waals surface area contributed by atoms with Gasteiger partial charge in [0.2, 0.25) is 0 Å². The fourth-order valence-electron chi connectivity index (χ4n) is 3.87. The maximum Gasteiger partial charge on any atom is 0.312 e. The number of amides is 2. The van der Waals surface area contributed by atoms with Gasteiger partial charge in [-0.1, -0.05) is 43.2 Å². The summed E-state index contributed by atoms with van der Waals surface area (Å²) in [4.78, 5) is 38.8. The molecule has 1 aliphatic carbocycles. The Hall–Kier alpha value is -2.17. The third-order valence-corrected chi connectivity index (χ3v) is 5.27. The smallest absolute Gasteiger partial charge is 0.312 e. The summed E-state index contributed by atoms with van der Waals surface area (Å²) in [5.74, 6) is -1.03. The fourth-order valence-corrected chi connectivity index (χ4v) is 3.87. The van der Waals surface area contributed by atoms with Crippen molar-refractivity contribution in [3.05, 3.63) is 35.9 Å². The molecule has 1 atom stereocenters. The molecule has 0 aromatic heterocycles. The highest BCUT2D eigenvalue weighted by Gasteiger charge is 2.36. The Kier molecular flexibility index (Phi) is 5.84. The first-order valence-electron chi connectivity index (χ1n) is 9.33. The van der Waals surface area contributed by atoms with Crippen molar-refractivity contribution in [3.63, 3.8) is 0 Å². The molecule has 1 unspecified atom stereocenters. The predicted molar refractivity (Wildman–Crippen MR) is 94.9 cm³/mol. The number of nitrogens with one attached hydrogen (secondary N) is 1. The van der Waals surface area contributed by atoms with Gasteiger partial charge in [-0.15, -0.1) is 0 Å². The summed E-state index contributed by atoms with van der Waals surface area (Å²) in [7, 11) is 0. The van der Waals surface area contributed by atoms with Gasteiger partial charge >= 0.3 is 11.8 Å². The maximum atomic E-state index is 12.6. The minimum absolute atomic E-state index is 0.0587. The predicted octanol–water partition coefficient (Wildman–Crippen LogP) is 2.24. The second-order valence-corrected chi connectivity index (χ2v) is 7.06. The summed E-state index contributed by atoms with van der Waals surface area (Å²) >= 11 is 0. The first-order chi connectivity index (χ1) is 12.1. The van der Waals surface area contributed by atoms with Gasteiger partial charge in [0.05, 0.1) is 6.04 Å². The van der Waals surface area contributed by atoms with Gasteiger partial charge in [-0.05, 0) is 37.7 Å². The lowest BCUT2D eigenvalue weighted by molar-refractivity contribution is -0.148. The Morgan fingerprint density at radius 2 is 1.72 bits per heavy atom. The molecule has 2 fully saturated rings. The van der Waals surface area contributed by atoms with E-state index in [9.17, 15) is 14.4 Å². The SMILES string of the molecule is O=C(NC1CCCC1)C(=O)N1CCCC1C(=O)CCc1ccccc1. The lowest BCUT2D eigenvalue weighted by Gasteiger charge is -2.24. The molecule has 5 nitrogen and oxygen atoms in total. The molecule has 1 saturated heterocycles. The summed E-state index contributed by atoms with van der Waals surface area (Å²) < 4.78 is 0. The number of aryl methyl sites for hydroxylation is 1. The zero-order chi connectivity index (χ0) is 17.6. The molecule has 0 radical (unpaired) electrons. The molecule has 1 heterocycles. The molecular formula is C20H26N2O3. The van der Waals surface area contributed by atoms with E-state index < -0.39 is 17.9 Å². The van der Waals surface area contributed by atoms with Crippen molar-refractivity contribution in [2.45, 2.75) is 63.5 Å². The molecule has 2 amide bonds. The molecule has 134 valence electrons. The van der Waals surface area contributed by atoms with Crippen molar-refractivity contribution in [1.29, 1.82) is 0 Å². The Morgan fingerprint density at radius 1 is 1.00 bits per heavy atom. The third kappa shape index (κ3) is 4.47. The molecule has 1 aromatic rings. The van der Waals surface area contributed by atoms with Crippen LogP contribution in [0, 0.1) is 0 Å². The van der Waals surface area contributed by atoms with Gasteiger partial charge in [0.15, 0.2) is 5.78 Å². The average molecular weight is 342 g/mol. The molecule has 1 N–H and O–H groups in total. The molecule has 0 bridgehead atoms. The van der Waals surface area contributed by atoms with E-state index in [0.717, 1.165) is 37.7 Å². The standard InChI is InChI=1S/C20H26N2O3/c23-18(13-12-15-7-2-1-3-8-15)17-11-6-14-22(17)20(25)19(24)21-16-9-4-5-10-16/h1-3,7-8,16-17H,4-6,9-14H2,(H,21,24). The summed E-state index contributed by atoms with van der Waals surface area (Å²) in [5, 5.41) is 2.83. The summed E-state index contributed by atoms with van der Waals surface area (Å²) in [6.07, 6.45) is 6.61. The monoisotopic (exact) mass is 342 g/mol. The van der Waals surface area contributed by atoms with Gasteiger partial charge in [0.1, 0.15) is 0 Å². The number of nitrogens with zero attached hydrogens (tertiary/aromatic N) is 1. The van der Waals surface area contributed by atoms with E-state index in [-0.39, 0.29) is 11.8 Å². The first kappa shape index (κ1) is 17.6. The van der Waals surface area contributed by atoms with Crippen LogP contribution in [0.1, 0.15) is 50.5 Å². The number of carbonyl (C=O) groups excluding carboxylic acids is 3. The quantitative estimate of drug-likeness (QED) is 0.835. The Bertz CT molecular complexity index is 623. The van der Waals surface area contributed by atoms with Crippen molar-refractivity contribution in [2.24, 2.45) is 0 Å². The second-order valence-electron chi connectivity index (χ2n) is 7.06. The zero-order valence-corrected chi connectivity index (χ0v) is 14.6. The van der Waals surface area contributed by atoms with Crippen LogP contribution in [-0.2, 0) is 20.8 Å². The maximum absolute atomic E-state index is 12.6. The number of Topliss-reactive ketones (excluding diaryl/α,β-unsaturated/α-hetero) is 1. The Morgan fingerprint density at radius 3 is 2.44 bits per heavy atom. The molecule has 1 aliphatic heterocycles. The van der Waals surface area contributed by atoms with E-state index in [2.05, 4.69) is 5.32 Å². The van der Waals surface area contributed by atoms with Gasteiger partial charge in [-0.25, -0.2) is 0 Å². The van der Waals surface area contributed by atoms with Crippen LogP contribution in [-0.4, -0.2) is 41.1 Å². The molecule has 25 heavy (non-hydrogen) atoms. The summed E-state index contributed by atoms with van der Waals surface area (Å²) in [6, 6.07) is 9.54. The molecular weight excluding hydrogens is 316 g/mol. The fraction of sp³-hybridized carbons (Fsp3) is 0.550. The van der Waals surface area contributed by atoms with Gasteiger partial charge in [-0.2, -0.15) is 0 Å². The minimum atomic E-state index is -0.547. The summed E-state index contributed by atoms with van der Waals surface area (Å²) in [5.41, 5.74) is 1.12. The third-order valence-electron chi connectivity index (χ3n) is 5.27. The molecule has 5 heteroatoms. The normalized spacial score (nSPS) is 20.6.